The zero-order valence-electron chi connectivity index (χ0n) is 11.7. The van der Waals surface area contributed by atoms with E-state index in [1.54, 1.807) is 12.1 Å². The van der Waals surface area contributed by atoms with E-state index in [4.69, 9.17) is 10.5 Å². The van der Waals surface area contributed by atoms with E-state index in [9.17, 15) is 8.78 Å². The topological polar surface area (TPSA) is 63.7 Å². The van der Waals surface area contributed by atoms with Crippen molar-refractivity contribution < 1.29 is 13.5 Å². The Labute approximate surface area is 139 Å². The van der Waals surface area contributed by atoms with E-state index >= 15 is 0 Å². The summed E-state index contributed by atoms with van der Waals surface area (Å²) in [5.74, 6) is 0.659. The number of halogens is 3. The van der Waals surface area contributed by atoms with Crippen LogP contribution >= 0.6 is 24.0 Å². The SMILES string of the molecule is CN(C(N)=NCc1ccnc(OCC(F)F)c1)C1CC1.I. The van der Waals surface area contributed by atoms with Crippen molar-refractivity contribution in [3.63, 3.8) is 0 Å². The van der Waals surface area contributed by atoms with Crippen LogP contribution in [0.3, 0.4) is 0 Å². The number of alkyl halides is 2. The first-order valence-corrected chi connectivity index (χ1v) is 6.45. The maximum atomic E-state index is 12.0. The molecule has 1 saturated carbocycles. The van der Waals surface area contributed by atoms with Crippen molar-refractivity contribution in [2.75, 3.05) is 13.7 Å². The predicted molar refractivity (Wildman–Crippen MR) is 87.3 cm³/mol. The summed E-state index contributed by atoms with van der Waals surface area (Å²) in [6, 6.07) is 3.85. The van der Waals surface area contributed by atoms with Gasteiger partial charge in [0.25, 0.3) is 6.43 Å². The summed E-state index contributed by atoms with van der Waals surface area (Å²) in [4.78, 5) is 10.1. The summed E-state index contributed by atoms with van der Waals surface area (Å²) < 4.78 is 29.0. The van der Waals surface area contributed by atoms with E-state index in [0.29, 0.717) is 18.5 Å². The van der Waals surface area contributed by atoms with Gasteiger partial charge >= 0.3 is 0 Å². The van der Waals surface area contributed by atoms with Gasteiger partial charge in [-0.15, -0.1) is 24.0 Å². The molecular weight excluding hydrogens is 393 g/mol. The maximum absolute atomic E-state index is 12.0. The molecule has 1 aromatic rings. The minimum absolute atomic E-state index is 0. The monoisotopic (exact) mass is 412 g/mol. The van der Waals surface area contributed by atoms with E-state index in [-0.39, 0.29) is 29.9 Å². The number of aliphatic imine (C=N–C) groups is 1. The first-order valence-electron chi connectivity index (χ1n) is 6.45. The molecule has 0 bridgehead atoms. The number of hydrogen-bond acceptors (Lipinski definition) is 3. The highest BCUT2D eigenvalue weighted by molar-refractivity contribution is 14.0. The van der Waals surface area contributed by atoms with E-state index < -0.39 is 13.0 Å². The smallest absolute Gasteiger partial charge is 0.272 e. The summed E-state index contributed by atoms with van der Waals surface area (Å²) in [6.07, 6.45) is 1.29. The number of aromatic nitrogens is 1. The number of guanidine groups is 1. The lowest BCUT2D eigenvalue weighted by molar-refractivity contribution is 0.0795. The van der Waals surface area contributed by atoms with Gasteiger partial charge in [0.2, 0.25) is 5.88 Å². The Morgan fingerprint density at radius 3 is 2.90 bits per heavy atom. The quantitative estimate of drug-likeness (QED) is 0.443. The fourth-order valence-electron chi connectivity index (χ4n) is 1.71. The van der Waals surface area contributed by atoms with E-state index in [0.717, 1.165) is 18.4 Å². The van der Waals surface area contributed by atoms with Gasteiger partial charge in [0.15, 0.2) is 12.6 Å². The number of hydrogen-bond donors (Lipinski definition) is 1. The van der Waals surface area contributed by atoms with Crippen LogP contribution in [0.5, 0.6) is 5.88 Å². The molecule has 0 atom stereocenters. The lowest BCUT2D eigenvalue weighted by atomic mass is 10.3. The predicted octanol–water partition coefficient (Wildman–Crippen LogP) is 2.25. The zero-order chi connectivity index (χ0) is 14.5. The van der Waals surface area contributed by atoms with Gasteiger partial charge in [0.1, 0.15) is 0 Å². The number of rotatable bonds is 6. The zero-order valence-corrected chi connectivity index (χ0v) is 14.0. The lowest BCUT2D eigenvalue weighted by Gasteiger charge is -2.16. The second kappa shape index (κ2) is 8.30. The van der Waals surface area contributed by atoms with Crippen molar-refractivity contribution in [3.05, 3.63) is 23.9 Å². The first-order chi connectivity index (χ1) is 9.56. The van der Waals surface area contributed by atoms with Gasteiger partial charge in [-0.2, -0.15) is 0 Å². The maximum Gasteiger partial charge on any atom is 0.272 e. The van der Waals surface area contributed by atoms with Crippen LogP contribution in [0.15, 0.2) is 23.3 Å². The molecule has 5 nitrogen and oxygen atoms in total. The molecule has 1 fully saturated rings. The standard InChI is InChI=1S/C13H18F2N4O.HI/c1-19(10-2-3-10)13(16)18-7-9-4-5-17-12(6-9)20-8-11(14)15;/h4-6,10-11H,2-3,7-8H2,1H3,(H2,16,18);1H. The summed E-state index contributed by atoms with van der Waals surface area (Å²) in [7, 11) is 1.92. The molecule has 0 amide bonds. The minimum atomic E-state index is -2.51. The fraction of sp³-hybridized carbons (Fsp3) is 0.538. The van der Waals surface area contributed by atoms with Crippen LogP contribution in [-0.4, -0.2) is 42.0 Å². The molecule has 0 aliphatic heterocycles. The Balaban J connectivity index is 0.00000220. The van der Waals surface area contributed by atoms with Crippen molar-refractivity contribution in [1.29, 1.82) is 0 Å². The highest BCUT2D eigenvalue weighted by atomic mass is 127. The molecule has 0 radical (unpaired) electrons. The molecule has 0 aromatic carbocycles. The highest BCUT2D eigenvalue weighted by Crippen LogP contribution is 2.25. The third-order valence-corrected chi connectivity index (χ3v) is 3.04. The van der Waals surface area contributed by atoms with Gasteiger partial charge in [-0.25, -0.2) is 18.8 Å². The van der Waals surface area contributed by atoms with Crippen molar-refractivity contribution >= 4 is 29.9 Å². The average Bonchev–Trinajstić information content (AvgIpc) is 3.26. The molecule has 118 valence electrons. The molecule has 2 rings (SSSR count). The molecule has 0 saturated heterocycles. The molecule has 1 heterocycles. The minimum Gasteiger partial charge on any atom is -0.472 e. The Morgan fingerprint density at radius 2 is 2.29 bits per heavy atom. The number of pyridine rings is 1. The Kier molecular flexibility index (Phi) is 7.06. The van der Waals surface area contributed by atoms with Crippen molar-refractivity contribution in [3.8, 4) is 5.88 Å². The van der Waals surface area contributed by atoms with E-state index in [1.807, 2.05) is 11.9 Å². The van der Waals surface area contributed by atoms with E-state index in [2.05, 4.69) is 9.98 Å². The second-order valence-corrected chi connectivity index (χ2v) is 4.72. The van der Waals surface area contributed by atoms with Gasteiger partial charge in [0, 0.05) is 25.4 Å². The average molecular weight is 412 g/mol. The van der Waals surface area contributed by atoms with Gasteiger partial charge in [-0.1, -0.05) is 0 Å². The molecule has 8 heteroatoms. The summed E-state index contributed by atoms with van der Waals surface area (Å²) >= 11 is 0. The Bertz CT molecular complexity index is 483. The van der Waals surface area contributed by atoms with E-state index in [1.165, 1.54) is 6.20 Å². The van der Waals surface area contributed by atoms with Crippen LogP contribution in [0.2, 0.25) is 0 Å². The lowest BCUT2D eigenvalue weighted by Crippen LogP contribution is -2.35. The molecule has 1 aliphatic carbocycles. The fourth-order valence-corrected chi connectivity index (χ4v) is 1.71. The normalized spacial score (nSPS) is 14.8. The van der Waals surface area contributed by atoms with Crippen LogP contribution in [0.25, 0.3) is 0 Å². The van der Waals surface area contributed by atoms with Crippen LogP contribution in [-0.2, 0) is 6.54 Å². The largest absolute Gasteiger partial charge is 0.472 e. The first kappa shape index (κ1) is 17.9. The molecule has 0 spiro atoms. The number of ether oxygens (including phenoxy) is 1. The van der Waals surface area contributed by atoms with Crippen LogP contribution < -0.4 is 10.5 Å². The molecule has 1 aliphatic rings. The van der Waals surface area contributed by atoms with Crippen LogP contribution in [0.1, 0.15) is 18.4 Å². The number of nitrogens with zero attached hydrogens (tertiary/aromatic N) is 3. The molecule has 0 unspecified atom stereocenters. The Hall–Kier alpha value is -1.19. The van der Waals surface area contributed by atoms with Crippen molar-refractivity contribution in [2.24, 2.45) is 10.7 Å². The molecule has 21 heavy (non-hydrogen) atoms. The summed E-state index contributed by atoms with van der Waals surface area (Å²) in [5, 5.41) is 0. The summed E-state index contributed by atoms with van der Waals surface area (Å²) in [6.45, 7) is -0.289. The molecule has 1 aromatic heterocycles. The summed E-state index contributed by atoms with van der Waals surface area (Å²) in [5.41, 5.74) is 6.69. The van der Waals surface area contributed by atoms with Crippen LogP contribution in [0, 0.1) is 0 Å². The van der Waals surface area contributed by atoms with Gasteiger partial charge in [-0.3, -0.25) is 0 Å². The molecular formula is C13H19F2IN4O. The highest BCUT2D eigenvalue weighted by Gasteiger charge is 2.27. The third-order valence-electron chi connectivity index (χ3n) is 3.04. The molecule has 2 N–H and O–H groups in total. The van der Waals surface area contributed by atoms with Gasteiger partial charge in [0.05, 0.1) is 6.54 Å². The van der Waals surface area contributed by atoms with Crippen molar-refractivity contribution in [2.45, 2.75) is 31.9 Å². The van der Waals surface area contributed by atoms with Gasteiger partial charge in [-0.05, 0) is 24.5 Å². The number of nitrogens with two attached hydrogens (primary N) is 1. The van der Waals surface area contributed by atoms with Crippen LogP contribution in [0.4, 0.5) is 8.78 Å². The van der Waals surface area contributed by atoms with Gasteiger partial charge < -0.3 is 15.4 Å². The van der Waals surface area contributed by atoms with Crippen molar-refractivity contribution in [1.82, 2.24) is 9.88 Å². The second-order valence-electron chi connectivity index (χ2n) is 4.72. The Morgan fingerprint density at radius 1 is 1.57 bits per heavy atom. The third kappa shape index (κ3) is 5.98.